The van der Waals surface area contributed by atoms with E-state index in [0.717, 1.165) is 23.1 Å². The van der Waals surface area contributed by atoms with Crippen LogP contribution in [0.4, 0.5) is 0 Å². The highest BCUT2D eigenvalue weighted by Crippen LogP contribution is 2.10. The molecule has 0 aromatic carbocycles. The van der Waals surface area contributed by atoms with Crippen molar-refractivity contribution < 1.29 is 0 Å². The molecule has 1 rings (SSSR count). The van der Waals surface area contributed by atoms with Gasteiger partial charge in [0.2, 0.25) is 0 Å². The molecule has 0 aliphatic rings. The summed E-state index contributed by atoms with van der Waals surface area (Å²) >= 11 is 3.40. The number of nitrogens with zero attached hydrogens (tertiary/aromatic N) is 1. The summed E-state index contributed by atoms with van der Waals surface area (Å²) in [6, 6.07) is 4.70. The summed E-state index contributed by atoms with van der Waals surface area (Å²) < 4.78 is 1.04. The molecule has 0 fully saturated rings. The van der Waals surface area contributed by atoms with Crippen LogP contribution in [-0.4, -0.2) is 17.6 Å². The van der Waals surface area contributed by atoms with E-state index in [4.69, 9.17) is 0 Å². The predicted octanol–water partition coefficient (Wildman–Crippen LogP) is 3.16. The van der Waals surface area contributed by atoms with Crippen molar-refractivity contribution >= 4 is 15.9 Å². The lowest BCUT2D eigenvalue weighted by molar-refractivity contribution is 0.482. The molecule has 0 aliphatic heterocycles. The number of hydrogen-bond donors (Lipinski definition) is 1. The lowest BCUT2D eigenvalue weighted by Gasteiger charge is -2.16. The molecule has 0 radical (unpaired) electrons. The van der Waals surface area contributed by atoms with Gasteiger partial charge in [-0.05, 0) is 41.0 Å². The van der Waals surface area contributed by atoms with E-state index in [9.17, 15) is 0 Å². The Morgan fingerprint density at radius 1 is 1.40 bits per heavy atom. The second-order valence-electron chi connectivity index (χ2n) is 3.72. The Balaban J connectivity index is 2.53. The van der Waals surface area contributed by atoms with Gasteiger partial charge in [-0.15, -0.1) is 0 Å². The van der Waals surface area contributed by atoms with Gasteiger partial charge in [0.05, 0.1) is 0 Å². The van der Waals surface area contributed by atoms with Crippen LogP contribution in [0.1, 0.15) is 32.4 Å². The molecule has 1 heterocycles. The molecular weight excluding hydrogens is 252 g/mol. The van der Waals surface area contributed by atoms with Crippen molar-refractivity contribution in [2.75, 3.05) is 6.54 Å². The molecule has 0 aliphatic carbocycles. The molecule has 1 atom stereocenters. The minimum absolute atomic E-state index is 0.564. The molecule has 3 heteroatoms. The standard InChI is InChI=1S/C12H19BrN2/c1-3-5-11(14-4-2)8-12-7-6-10(13)9-15-12/h6-7,9,11,14H,3-5,8H2,1-2H3. The van der Waals surface area contributed by atoms with E-state index < -0.39 is 0 Å². The quantitative estimate of drug-likeness (QED) is 0.859. The van der Waals surface area contributed by atoms with Crippen LogP contribution in [-0.2, 0) is 6.42 Å². The largest absolute Gasteiger partial charge is 0.314 e. The molecule has 0 saturated carbocycles. The van der Waals surface area contributed by atoms with E-state index in [2.05, 4.69) is 52.2 Å². The van der Waals surface area contributed by atoms with Crippen LogP contribution in [0.15, 0.2) is 22.8 Å². The molecule has 84 valence electrons. The van der Waals surface area contributed by atoms with Gasteiger partial charge in [-0.25, -0.2) is 0 Å². The fourth-order valence-corrected chi connectivity index (χ4v) is 1.93. The van der Waals surface area contributed by atoms with Gasteiger partial charge in [-0.3, -0.25) is 4.98 Å². The molecule has 2 nitrogen and oxygen atoms in total. The van der Waals surface area contributed by atoms with Gasteiger partial charge < -0.3 is 5.32 Å². The number of rotatable bonds is 6. The number of nitrogens with one attached hydrogen (secondary N) is 1. The van der Waals surface area contributed by atoms with Crippen molar-refractivity contribution in [3.8, 4) is 0 Å². The van der Waals surface area contributed by atoms with Crippen molar-refractivity contribution in [2.45, 2.75) is 39.2 Å². The van der Waals surface area contributed by atoms with Crippen molar-refractivity contribution in [1.82, 2.24) is 10.3 Å². The van der Waals surface area contributed by atoms with E-state index in [-0.39, 0.29) is 0 Å². The van der Waals surface area contributed by atoms with E-state index in [1.807, 2.05) is 6.20 Å². The first kappa shape index (κ1) is 12.7. The lowest BCUT2D eigenvalue weighted by atomic mass is 10.1. The molecule has 0 amide bonds. The van der Waals surface area contributed by atoms with Crippen LogP contribution in [0.3, 0.4) is 0 Å². The van der Waals surface area contributed by atoms with Crippen molar-refractivity contribution in [3.63, 3.8) is 0 Å². The fraction of sp³-hybridized carbons (Fsp3) is 0.583. The van der Waals surface area contributed by atoms with Gasteiger partial charge in [-0.2, -0.15) is 0 Å². The lowest BCUT2D eigenvalue weighted by Crippen LogP contribution is -2.31. The van der Waals surface area contributed by atoms with Crippen LogP contribution in [0.25, 0.3) is 0 Å². The topological polar surface area (TPSA) is 24.9 Å². The first-order chi connectivity index (χ1) is 7.26. The molecule has 1 aromatic heterocycles. The normalized spacial score (nSPS) is 12.7. The molecule has 0 bridgehead atoms. The van der Waals surface area contributed by atoms with Gasteiger partial charge >= 0.3 is 0 Å². The summed E-state index contributed by atoms with van der Waals surface area (Å²) in [5.74, 6) is 0. The number of likely N-dealkylation sites (N-methyl/N-ethyl adjacent to an activating group) is 1. The molecule has 0 saturated heterocycles. The van der Waals surface area contributed by atoms with Gasteiger partial charge in [0.15, 0.2) is 0 Å². The minimum atomic E-state index is 0.564. The van der Waals surface area contributed by atoms with Crippen LogP contribution in [0, 0.1) is 0 Å². The van der Waals surface area contributed by atoms with Crippen molar-refractivity contribution in [3.05, 3.63) is 28.5 Å². The predicted molar refractivity (Wildman–Crippen MR) is 68.0 cm³/mol. The smallest absolute Gasteiger partial charge is 0.0419 e. The number of hydrogen-bond acceptors (Lipinski definition) is 2. The van der Waals surface area contributed by atoms with Gasteiger partial charge in [-0.1, -0.05) is 20.3 Å². The molecule has 1 unspecified atom stereocenters. The highest BCUT2D eigenvalue weighted by molar-refractivity contribution is 9.10. The Hall–Kier alpha value is -0.410. The molecular formula is C12H19BrN2. The van der Waals surface area contributed by atoms with Crippen LogP contribution in [0.5, 0.6) is 0 Å². The third-order valence-corrected chi connectivity index (χ3v) is 2.84. The average molecular weight is 271 g/mol. The Morgan fingerprint density at radius 2 is 2.20 bits per heavy atom. The van der Waals surface area contributed by atoms with E-state index in [0.29, 0.717) is 6.04 Å². The van der Waals surface area contributed by atoms with Gasteiger partial charge in [0.1, 0.15) is 0 Å². The minimum Gasteiger partial charge on any atom is -0.314 e. The maximum Gasteiger partial charge on any atom is 0.0419 e. The SMILES string of the molecule is CCCC(Cc1ccc(Br)cn1)NCC. The van der Waals surface area contributed by atoms with Gasteiger partial charge in [0, 0.05) is 28.8 Å². The summed E-state index contributed by atoms with van der Waals surface area (Å²) in [6.07, 6.45) is 5.32. The Labute approximate surface area is 101 Å². The van der Waals surface area contributed by atoms with E-state index in [1.54, 1.807) is 0 Å². The molecule has 15 heavy (non-hydrogen) atoms. The molecule has 1 aromatic rings. The van der Waals surface area contributed by atoms with Crippen molar-refractivity contribution in [1.29, 1.82) is 0 Å². The maximum atomic E-state index is 4.40. The second-order valence-corrected chi connectivity index (χ2v) is 4.63. The maximum absolute atomic E-state index is 4.40. The Kier molecular flexibility index (Phi) is 5.88. The van der Waals surface area contributed by atoms with Crippen LogP contribution >= 0.6 is 15.9 Å². The zero-order valence-corrected chi connectivity index (χ0v) is 11.0. The number of halogens is 1. The van der Waals surface area contributed by atoms with E-state index >= 15 is 0 Å². The average Bonchev–Trinajstić information content (AvgIpc) is 2.22. The third-order valence-electron chi connectivity index (χ3n) is 2.37. The number of pyridine rings is 1. The fourth-order valence-electron chi connectivity index (χ4n) is 1.69. The summed E-state index contributed by atoms with van der Waals surface area (Å²) in [6.45, 7) is 5.40. The molecule has 0 spiro atoms. The third kappa shape index (κ3) is 4.76. The Morgan fingerprint density at radius 3 is 2.73 bits per heavy atom. The number of aromatic nitrogens is 1. The first-order valence-electron chi connectivity index (χ1n) is 5.60. The summed E-state index contributed by atoms with van der Waals surface area (Å²) in [7, 11) is 0. The molecule has 1 N–H and O–H groups in total. The highest BCUT2D eigenvalue weighted by Gasteiger charge is 2.07. The van der Waals surface area contributed by atoms with Crippen LogP contribution in [0.2, 0.25) is 0 Å². The van der Waals surface area contributed by atoms with E-state index in [1.165, 1.54) is 12.8 Å². The highest BCUT2D eigenvalue weighted by atomic mass is 79.9. The van der Waals surface area contributed by atoms with Crippen molar-refractivity contribution in [2.24, 2.45) is 0 Å². The zero-order valence-electron chi connectivity index (χ0n) is 9.46. The zero-order chi connectivity index (χ0) is 11.1. The summed E-state index contributed by atoms with van der Waals surface area (Å²) in [4.78, 5) is 4.40. The Bertz CT molecular complexity index is 265. The second kappa shape index (κ2) is 6.96. The summed E-state index contributed by atoms with van der Waals surface area (Å²) in [5.41, 5.74) is 1.16. The summed E-state index contributed by atoms with van der Waals surface area (Å²) in [5, 5.41) is 3.49. The van der Waals surface area contributed by atoms with Gasteiger partial charge in [0.25, 0.3) is 0 Å². The monoisotopic (exact) mass is 270 g/mol. The first-order valence-corrected chi connectivity index (χ1v) is 6.39. The van der Waals surface area contributed by atoms with Crippen LogP contribution < -0.4 is 5.32 Å².